The molecular formula is C23H28ClF3N2O3. The van der Waals surface area contributed by atoms with Crippen LogP contribution in [0.4, 0.5) is 13.2 Å². The van der Waals surface area contributed by atoms with Gasteiger partial charge in [-0.3, -0.25) is 0 Å². The zero-order valence-electron chi connectivity index (χ0n) is 18.1. The fourth-order valence-corrected chi connectivity index (χ4v) is 5.41. The van der Waals surface area contributed by atoms with E-state index in [2.05, 4.69) is 9.88 Å². The first kappa shape index (κ1) is 24.5. The van der Waals surface area contributed by atoms with Crippen LogP contribution in [0.25, 0.3) is 0 Å². The lowest BCUT2D eigenvalue weighted by Crippen LogP contribution is -2.53. The first-order chi connectivity index (χ1) is 14.7. The maximum atomic E-state index is 14.0. The van der Waals surface area contributed by atoms with Gasteiger partial charge in [0.05, 0.1) is 12.2 Å². The van der Waals surface area contributed by atoms with Crippen molar-refractivity contribution in [2.75, 3.05) is 26.2 Å². The summed E-state index contributed by atoms with van der Waals surface area (Å²) in [7, 11) is 0. The van der Waals surface area contributed by atoms with E-state index in [1.54, 1.807) is 25.1 Å². The topological polar surface area (TPSA) is 65.6 Å². The van der Waals surface area contributed by atoms with Gasteiger partial charge in [-0.1, -0.05) is 19.1 Å². The van der Waals surface area contributed by atoms with Crippen LogP contribution in [0.1, 0.15) is 53.1 Å². The molecule has 2 aromatic rings. The number of esters is 1. The number of phenols is 1. The Labute approximate surface area is 191 Å². The lowest BCUT2D eigenvalue weighted by molar-refractivity contribution is -0.138. The van der Waals surface area contributed by atoms with Gasteiger partial charge in [0.1, 0.15) is 11.4 Å². The van der Waals surface area contributed by atoms with E-state index in [4.69, 9.17) is 4.74 Å². The summed E-state index contributed by atoms with van der Waals surface area (Å²) >= 11 is 0. The number of fused-ring (bicyclic) bond motifs is 2. The van der Waals surface area contributed by atoms with Gasteiger partial charge in [0.15, 0.2) is 0 Å². The number of halogens is 4. The molecule has 1 aromatic heterocycles. The third-order valence-corrected chi connectivity index (χ3v) is 6.90. The van der Waals surface area contributed by atoms with Crippen LogP contribution in [0.2, 0.25) is 0 Å². The maximum absolute atomic E-state index is 14.0. The van der Waals surface area contributed by atoms with E-state index >= 15 is 0 Å². The number of nitrogens with zero attached hydrogens (tertiary/aromatic N) is 1. The largest absolute Gasteiger partial charge is 0.508 e. The molecule has 2 heterocycles. The monoisotopic (exact) mass is 472 g/mol. The van der Waals surface area contributed by atoms with Gasteiger partial charge in [-0.2, -0.15) is 13.2 Å². The van der Waals surface area contributed by atoms with Crippen LogP contribution in [0.5, 0.6) is 5.75 Å². The van der Waals surface area contributed by atoms with Gasteiger partial charge in [0.25, 0.3) is 0 Å². The number of alkyl halides is 3. The average Bonchev–Trinajstić information content (AvgIpc) is 3.10. The molecule has 0 radical (unpaired) electrons. The van der Waals surface area contributed by atoms with Crippen molar-refractivity contribution in [3.8, 4) is 5.75 Å². The zero-order valence-corrected chi connectivity index (χ0v) is 18.9. The van der Waals surface area contributed by atoms with E-state index in [1.165, 1.54) is 0 Å². The van der Waals surface area contributed by atoms with E-state index in [1.807, 2.05) is 13.0 Å². The summed E-state index contributed by atoms with van der Waals surface area (Å²) < 4.78 is 47.0. The highest BCUT2D eigenvalue weighted by molar-refractivity contribution is 5.90. The molecule has 2 atom stereocenters. The smallest absolute Gasteiger partial charge is 0.419 e. The Morgan fingerprint density at radius 3 is 2.72 bits per heavy atom. The predicted molar refractivity (Wildman–Crippen MR) is 116 cm³/mol. The van der Waals surface area contributed by atoms with Crippen LogP contribution >= 0.6 is 12.4 Å². The van der Waals surface area contributed by atoms with E-state index in [0.29, 0.717) is 18.7 Å². The number of rotatable bonds is 4. The standard InChI is InChI=1S/C23H27F3N2O3.ClH/c1-3-28-9-8-22(14-6-5-7-16(29)10-14)12-18-17(11-15(22)13-28)19(23(24,25)26)20(27-18)21(30)31-4-2;/h5-7,10,15,27,29H,3-4,8-9,11-13H2,1-2H3;1H/t15-,22+;/m0./s1. The molecule has 2 N–H and O–H groups in total. The SMILES string of the molecule is CCOC(=O)c1[nH]c2c(c1C(F)(F)F)C[C@H]1CN(CC)CC[C@]1(c1cccc(O)c1)C2.Cl. The summed E-state index contributed by atoms with van der Waals surface area (Å²) in [4.78, 5) is 17.4. The van der Waals surface area contributed by atoms with Gasteiger partial charge in [0.2, 0.25) is 0 Å². The number of nitrogens with one attached hydrogen (secondary N) is 1. The number of H-pyrrole nitrogens is 1. The molecule has 1 aromatic carbocycles. The normalized spacial score (nSPS) is 23.1. The minimum Gasteiger partial charge on any atom is -0.508 e. The van der Waals surface area contributed by atoms with E-state index in [0.717, 1.165) is 25.1 Å². The molecule has 1 aliphatic heterocycles. The first-order valence-electron chi connectivity index (χ1n) is 10.7. The highest BCUT2D eigenvalue weighted by atomic mass is 35.5. The number of hydrogen-bond donors (Lipinski definition) is 2. The molecule has 4 rings (SSSR count). The van der Waals surface area contributed by atoms with Crippen LogP contribution in [-0.4, -0.2) is 47.2 Å². The molecule has 0 saturated carbocycles. The minimum absolute atomic E-state index is 0. The lowest BCUT2D eigenvalue weighted by Gasteiger charge is -2.51. The molecule has 5 nitrogen and oxygen atoms in total. The number of benzene rings is 1. The quantitative estimate of drug-likeness (QED) is 0.632. The molecule has 0 amide bonds. The highest BCUT2D eigenvalue weighted by Gasteiger charge is 2.51. The second-order valence-electron chi connectivity index (χ2n) is 8.48. The zero-order chi connectivity index (χ0) is 22.4. The molecule has 32 heavy (non-hydrogen) atoms. The van der Waals surface area contributed by atoms with Gasteiger partial charge in [-0.25, -0.2) is 4.79 Å². The van der Waals surface area contributed by atoms with Crippen LogP contribution in [0.15, 0.2) is 24.3 Å². The fraction of sp³-hybridized carbons (Fsp3) is 0.522. The number of aromatic hydroxyl groups is 1. The van der Waals surface area contributed by atoms with E-state index < -0.39 is 28.8 Å². The third kappa shape index (κ3) is 4.10. The Morgan fingerprint density at radius 2 is 2.09 bits per heavy atom. The number of ether oxygens (including phenoxy) is 1. The van der Waals surface area contributed by atoms with Crippen molar-refractivity contribution in [1.29, 1.82) is 0 Å². The van der Waals surface area contributed by atoms with Gasteiger partial charge in [-0.05, 0) is 68.5 Å². The molecule has 9 heteroatoms. The summed E-state index contributed by atoms with van der Waals surface area (Å²) in [5.74, 6) is -0.903. The summed E-state index contributed by atoms with van der Waals surface area (Å²) in [5.41, 5.74) is -0.249. The van der Waals surface area contributed by atoms with Crippen molar-refractivity contribution < 1.29 is 27.8 Å². The van der Waals surface area contributed by atoms with E-state index in [9.17, 15) is 23.1 Å². The number of hydrogen-bond acceptors (Lipinski definition) is 4. The molecule has 0 unspecified atom stereocenters. The summed E-state index contributed by atoms with van der Waals surface area (Å²) in [5, 5.41) is 10.1. The molecule has 0 spiro atoms. The van der Waals surface area contributed by atoms with Crippen LogP contribution in [0.3, 0.4) is 0 Å². The van der Waals surface area contributed by atoms with Crippen LogP contribution in [-0.2, 0) is 29.2 Å². The molecule has 0 bridgehead atoms. The number of likely N-dealkylation sites (tertiary alicyclic amines) is 1. The average molecular weight is 473 g/mol. The van der Waals surface area contributed by atoms with Crippen LogP contribution < -0.4 is 0 Å². The number of phenolic OH excluding ortho intramolecular Hbond substituents is 1. The Morgan fingerprint density at radius 1 is 1.34 bits per heavy atom. The van der Waals surface area contributed by atoms with Crippen molar-refractivity contribution in [2.45, 2.75) is 44.7 Å². The van der Waals surface area contributed by atoms with Gasteiger partial charge in [0, 0.05) is 17.7 Å². The molecule has 2 aliphatic rings. The molecule has 1 saturated heterocycles. The van der Waals surface area contributed by atoms with Crippen molar-refractivity contribution in [3.63, 3.8) is 0 Å². The molecule has 1 fully saturated rings. The molecular weight excluding hydrogens is 445 g/mol. The minimum atomic E-state index is -4.66. The summed E-state index contributed by atoms with van der Waals surface area (Å²) in [6.07, 6.45) is -3.32. The van der Waals surface area contributed by atoms with Gasteiger partial charge >= 0.3 is 12.1 Å². The third-order valence-electron chi connectivity index (χ3n) is 6.90. The highest BCUT2D eigenvalue weighted by Crippen LogP contribution is 2.51. The number of carbonyl (C=O) groups is 1. The first-order valence-corrected chi connectivity index (χ1v) is 10.7. The fourth-order valence-electron chi connectivity index (χ4n) is 5.41. The van der Waals surface area contributed by atoms with Crippen LogP contribution in [0, 0.1) is 5.92 Å². The summed E-state index contributed by atoms with van der Waals surface area (Å²) in [6, 6.07) is 7.04. The Bertz CT molecular complexity index is 991. The number of carbonyl (C=O) groups excluding carboxylic acids is 1. The Hall–Kier alpha value is -2.19. The summed E-state index contributed by atoms with van der Waals surface area (Å²) in [6.45, 7) is 5.94. The van der Waals surface area contributed by atoms with Crippen molar-refractivity contribution in [1.82, 2.24) is 9.88 Å². The maximum Gasteiger partial charge on any atom is 0.419 e. The second kappa shape index (κ2) is 8.98. The second-order valence-corrected chi connectivity index (χ2v) is 8.48. The number of aromatic nitrogens is 1. The van der Waals surface area contributed by atoms with Crippen molar-refractivity contribution in [3.05, 3.63) is 52.3 Å². The Balaban J connectivity index is 0.00000289. The number of piperidine rings is 1. The predicted octanol–water partition coefficient (Wildman–Crippen LogP) is 4.72. The number of aromatic amines is 1. The van der Waals surface area contributed by atoms with Gasteiger partial charge < -0.3 is 19.7 Å². The van der Waals surface area contributed by atoms with E-state index in [-0.39, 0.29) is 42.7 Å². The van der Waals surface area contributed by atoms with Gasteiger partial charge in [-0.15, -0.1) is 12.4 Å². The van der Waals surface area contributed by atoms with Crippen molar-refractivity contribution >= 4 is 18.4 Å². The molecule has 1 aliphatic carbocycles. The van der Waals surface area contributed by atoms with Crippen molar-refractivity contribution in [2.24, 2.45) is 5.92 Å². The Kier molecular flexibility index (Phi) is 6.86. The molecule has 176 valence electrons. The lowest BCUT2D eigenvalue weighted by atomic mass is 9.58.